The Kier molecular flexibility index (Phi) is 8.73. The Balaban J connectivity index is 1.54. The van der Waals surface area contributed by atoms with Crippen LogP contribution in [0.1, 0.15) is 66.2 Å². The average Bonchev–Trinajstić information content (AvgIpc) is 3.50. The number of nitrogens with one attached hydrogen (secondary N) is 1. The van der Waals surface area contributed by atoms with Crippen LogP contribution < -0.4 is 19.7 Å². The number of hydrogen-bond acceptors (Lipinski definition) is 5. The van der Waals surface area contributed by atoms with Gasteiger partial charge in [-0.25, -0.2) is 0 Å². The van der Waals surface area contributed by atoms with E-state index in [0.29, 0.717) is 40.7 Å². The van der Waals surface area contributed by atoms with Crippen molar-refractivity contribution in [3.63, 3.8) is 0 Å². The highest BCUT2D eigenvalue weighted by Gasteiger charge is 2.37. The van der Waals surface area contributed by atoms with Crippen molar-refractivity contribution in [1.29, 1.82) is 0 Å². The van der Waals surface area contributed by atoms with Gasteiger partial charge in [-0.15, -0.1) is 0 Å². The molecular weight excluding hydrogens is 554 g/mol. The van der Waals surface area contributed by atoms with Gasteiger partial charge < -0.3 is 24.6 Å². The number of rotatable bonds is 8. The zero-order chi connectivity index (χ0) is 30.0. The number of carbonyl (C=O) groups is 3. The highest BCUT2D eigenvalue weighted by atomic mass is 35.5. The first kappa shape index (κ1) is 29.5. The Morgan fingerprint density at radius 3 is 2.43 bits per heavy atom. The van der Waals surface area contributed by atoms with Crippen LogP contribution in [-0.2, 0) is 16.0 Å². The summed E-state index contributed by atoms with van der Waals surface area (Å²) < 4.78 is 11.9. The van der Waals surface area contributed by atoms with Crippen molar-refractivity contribution in [3.05, 3.63) is 87.9 Å². The molecule has 3 amide bonds. The maximum absolute atomic E-state index is 13.8. The third-order valence-electron chi connectivity index (χ3n) is 8.13. The predicted molar refractivity (Wildman–Crippen MR) is 162 cm³/mol. The minimum absolute atomic E-state index is 0.0176. The highest BCUT2D eigenvalue weighted by molar-refractivity contribution is 6.30. The van der Waals surface area contributed by atoms with Gasteiger partial charge in [0.2, 0.25) is 11.8 Å². The molecule has 1 N–H and O–H groups in total. The summed E-state index contributed by atoms with van der Waals surface area (Å²) in [4.78, 5) is 42.9. The second-order valence-corrected chi connectivity index (χ2v) is 11.2. The number of methoxy groups -OCH3 is 1. The van der Waals surface area contributed by atoms with Crippen LogP contribution in [0.4, 0.5) is 5.69 Å². The molecule has 220 valence electrons. The Morgan fingerprint density at radius 2 is 1.79 bits per heavy atom. The van der Waals surface area contributed by atoms with Crippen molar-refractivity contribution in [1.82, 2.24) is 10.2 Å². The van der Waals surface area contributed by atoms with Crippen molar-refractivity contribution >= 4 is 35.0 Å². The zero-order valence-electron chi connectivity index (χ0n) is 24.4. The van der Waals surface area contributed by atoms with E-state index in [1.54, 1.807) is 48.2 Å². The molecule has 0 saturated carbocycles. The molecule has 0 spiro atoms. The molecular formula is C33H36ClN3O5. The topological polar surface area (TPSA) is 88.2 Å². The molecule has 0 aliphatic carbocycles. The minimum Gasteiger partial charge on any atom is -0.493 e. The van der Waals surface area contributed by atoms with Crippen molar-refractivity contribution in [2.24, 2.45) is 0 Å². The Bertz CT molecular complexity index is 1470. The predicted octanol–water partition coefficient (Wildman–Crippen LogP) is 5.56. The number of fused-ring (bicyclic) bond motifs is 1. The number of benzene rings is 3. The van der Waals surface area contributed by atoms with E-state index in [4.69, 9.17) is 21.1 Å². The highest BCUT2D eigenvalue weighted by Crippen LogP contribution is 2.44. The lowest BCUT2D eigenvalue weighted by atomic mass is 9.86. The van der Waals surface area contributed by atoms with E-state index in [0.717, 1.165) is 29.5 Å². The van der Waals surface area contributed by atoms with Gasteiger partial charge in [0.15, 0.2) is 11.5 Å². The summed E-state index contributed by atoms with van der Waals surface area (Å²) in [5.74, 6) is 0.768. The van der Waals surface area contributed by atoms with Gasteiger partial charge in [-0.05, 0) is 91.4 Å². The molecule has 3 atom stereocenters. The van der Waals surface area contributed by atoms with E-state index in [1.165, 1.54) is 0 Å². The molecule has 9 heteroatoms. The van der Waals surface area contributed by atoms with Gasteiger partial charge in [0.05, 0.1) is 25.7 Å². The Hall–Kier alpha value is -4.04. The largest absolute Gasteiger partial charge is 0.493 e. The fourth-order valence-corrected chi connectivity index (χ4v) is 5.88. The molecule has 0 radical (unpaired) electrons. The molecule has 2 heterocycles. The molecule has 3 unspecified atom stereocenters. The molecule has 42 heavy (non-hydrogen) atoms. The fraction of sp³-hybridized carbons (Fsp3) is 0.364. The Morgan fingerprint density at radius 1 is 1.07 bits per heavy atom. The van der Waals surface area contributed by atoms with E-state index in [1.807, 2.05) is 43.3 Å². The van der Waals surface area contributed by atoms with Crippen LogP contribution in [0.15, 0.2) is 60.7 Å². The number of carbonyl (C=O) groups excluding carboxylic acids is 3. The maximum atomic E-state index is 13.8. The van der Waals surface area contributed by atoms with Crippen LogP contribution in [0.2, 0.25) is 5.02 Å². The lowest BCUT2D eigenvalue weighted by molar-refractivity contribution is -0.124. The number of anilines is 1. The van der Waals surface area contributed by atoms with Gasteiger partial charge in [-0.1, -0.05) is 30.7 Å². The normalized spacial score (nSPS) is 18.8. The summed E-state index contributed by atoms with van der Waals surface area (Å²) in [6.45, 7) is 4.60. The quantitative estimate of drug-likeness (QED) is 0.372. The van der Waals surface area contributed by atoms with Crippen LogP contribution in [0.25, 0.3) is 0 Å². The van der Waals surface area contributed by atoms with Crippen LogP contribution >= 0.6 is 11.6 Å². The number of ether oxygens (including phenoxy) is 2. The second-order valence-electron chi connectivity index (χ2n) is 10.8. The number of amides is 3. The number of hydrogen-bond donors (Lipinski definition) is 1. The SMILES string of the molecule is CCC(C)Oc1cc2c(cc1OC)CC(=O)N(c1ccc(C(=O)N3CCCC3C(=O)NC)cc1)C2c1ccc(Cl)cc1. The number of likely N-dealkylation sites (N-methyl/N-ethyl adjacent to an activating group) is 1. The van der Waals surface area contributed by atoms with Gasteiger partial charge >= 0.3 is 0 Å². The summed E-state index contributed by atoms with van der Waals surface area (Å²) in [5.41, 5.74) is 3.81. The third-order valence-corrected chi connectivity index (χ3v) is 8.38. The van der Waals surface area contributed by atoms with E-state index in [2.05, 4.69) is 12.2 Å². The van der Waals surface area contributed by atoms with Crippen molar-refractivity contribution in [3.8, 4) is 11.5 Å². The standard InChI is InChI=1S/C33H36ClN3O5/c1-5-20(2)42-29-19-26-23(17-28(29)41-4)18-30(38)37(31(26)21-8-12-24(34)13-9-21)25-14-10-22(11-15-25)33(40)36-16-6-7-27(36)32(39)35-3/h8-15,17,19-20,27,31H,5-7,16,18H2,1-4H3,(H,35,39). The maximum Gasteiger partial charge on any atom is 0.254 e. The van der Waals surface area contributed by atoms with E-state index < -0.39 is 12.1 Å². The fourth-order valence-electron chi connectivity index (χ4n) is 5.75. The summed E-state index contributed by atoms with van der Waals surface area (Å²) >= 11 is 6.23. The van der Waals surface area contributed by atoms with Gasteiger partial charge in [-0.2, -0.15) is 0 Å². The van der Waals surface area contributed by atoms with Crippen LogP contribution in [-0.4, -0.2) is 55.5 Å². The number of likely N-dealkylation sites (tertiary alicyclic amines) is 1. The van der Waals surface area contributed by atoms with Gasteiger partial charge in [0.25, 0.3) is 5.91 Å². The number of nitrogens with zero attached hydrogens (tertiary/aromatic N) is 2. The first-order chi connectivity index (χ1) is 20.2. The molecule has 1 fully saturated rings. The molecule has 1 saturated heterocycles. The van der Waals surface area contributed by atoms with Crippen LogP contribution in [0.3, 0.4) is 0 Å². The summed E-state index contributed by atoms with van der Waals surface area (Å²) in [5, 5.41) is 3.25. The average molecular weight is 590 g/mol. The van der Waals surface area contributed by atoms with Gasteiger partial charge in [0, 0.05) is 29.9 Å². The molecule has 3 aromatic carbocycles. The third kappa shape index (κ3) is 5.68. The first-order valence-corrected chi connectivity index (χ1v) is 14.7. The van der Waals surface area contributed by atoms with Gasteiger partial charge in [-0.3, -0.25) is 14.4 Å². The van der Waals surface area contributed by atoms with Crippen LogP contribution in [0, 0.1) is 0 Å². The summed E-state index contributed by atoms with van der Waals surface area (Å²) in [6, 6.07) is 17.5. The smallest absolute Gasteiger partial charge is 0.254 e. The minimum atomic E-state index is -0.472. The monoisotopic (exact) mass is 589 g/mol. The van der Waals surface area contributed by atoms with Gasteiger partial charge in [0.1, 0.15) is 6.04 Å². The zero-order valence-corrected chi connectivity index (χ0v) is 25.1. The molecule has 0 bridgehead atoms. The van der Waals surface area contributed by atoms with Crippen molar-refractivity contribution in [2.45, 2.75) is 57.7 Å². The van der Waals surface area contributed by atoms with E-state index in [-0.39, 0.29) is 30.2 Å². The first-order valence-electron chi connectivity index (χ1n) is 14.3. The summed E-state index contributed by atoms with van der Waals surface area (Å²) in [6.07, 6.45) is 2.41. The number of halogens is 1. The lowest BCUT2D eigenvalue weighted by Gasteiger charge is -2.38. The molecule has 8 nitrogen and oxygen atoms in total. The van der Waals surface area contributed by atoms with E-state index in [9.17, 15) is 14.4 Å². The molecule has 0 aromatic heterocycles. The van der Waals surface area contributed by atoms with Crippen molar-refractivity contribution in [2.75, 3.05) is 25.6 Å². The molecule has 5 rings (SSSR count). The Labute approximate surface area is 251 Å². The summed E-state index contributed by atoms with van der Waals surface area (Å²) in [7, 11) is 3.18. The molecule has 2 aliphatic heterocycles. The lowest BCUT2D eigenvalue weighted by Crippen LogP contribution is -2.45. The molecule has 3 aromatic rings. The van der Waals surface area contributed by atoms with Crippen LogP contribution in [0.5, 0.6) is 11.5 Å². The van der Waals surface area contributed by atoms with E-state index >= 15 is 0 Å². The molecule has 2 aliphatic rings. The van der Waals surface area contributed by atoms with Crippen molar-refractivity contribution < 1.29 is 23.9 Å². The second kappa shape index (κ2) is 12.4.